The molecule has 0 amide bonds. The van der Waals surface area contributed by atoms with Crippen LogP contribution in [0.2, 0.25) is 0 Å². The van der Waals surface area contributed by atoms with Gasteiger partial charge in [0, 0.05) is 6.04 Å². The summed E-state index contributed by atoms with van der Waals surface area (Å²) >= 11 is 0. The first-order chi connectivity index (χ1) is 8.20. The summed E-state index contributed by atoms with van der Waals surface area (Å²) in [6, 6.07) is 8.23. The topological polar surface area (TPSA) is 32.3 Å². The first kappa shape index (κ1) is 12.4. The van der Waals surface area contributed by atoms with Crippen molar-refractivity contribution < 1.29 is 5.11 Å². The number of rotatable bonds is 6. The number of hydrogen-bond donors (Lipinski definition) is 2. The van der Waals surface area contributed by atoms with E-state index in [0.717, 1.165) is 24.8 Å². The average molecular weight is 233 g/mol. The smallest absolute Gasteiger partial charge is 0.115 e. The van der Waals surface area contributed by atoms with E-state index in [1.54, 1.807) is 6.07 Å². The van der Waals surface area contributed by atoms with Gasteiger partial charge in [-0.15, -0.1) is 0 Å². The van der Waals surface area contributed by atoms with E-state index in [4.69, 9.17) is 0 Å². The van der Waals surface area contributed by atoms with E-state index < -0.39 is 0 Å². The van der Waals surface area contributed by atoms with E-state index in [9.17, 15) is 5.11 Å². The highest BCUT2D eigenvalue weighted by molar-refractivity contribution is 5.28. The molecule has 1 fully saturated rings. The lowest BCUT2D eigenvalue weighted by atomic mass is 10.0. The number of phenols is 1. The molecule has 2 rings (SSSR count). The molecule has 3 atom stereocenters. The van der Waals surface area contributed by atoms with E-state index >= 15 is 0 Å². The number of nitrogens with one attached hydrogen (secondary N) is 1. The Hall–Kier alpha value is -1.02. The molecule has 0 spiro atoms. The average Bonchev–Trinajstić information content (AvgIpc) is 3.02. The van der Waals surface area contributed by atoms with Gasteiger partial charge in [0.25, 0.3) is 0 Å². The molecule has 1 aliphatic rings. The van der Waals surface area contributed by atoms with Crippen molar-refractivity contribution in [2.24, 2.45) is 11.8 Å². The van der Waals surface area contributed by atoms with Crippen LogP contribution in [0.25, 0.3) is 0 Å². The van der Waals surface area contributed by atoms with Gasteiger partial charge in [-0.1, -0.05) is 26.0 Å². The molecule has 1 aliphatic carbocycles. The summed E-state index contributed by atoms with van der Waals surface area (Å²) in [5.41, 5.74) is 1.23. The van der Waals surface area contributed by atoms with Gasteiger partial charge in [0.2, 0.25) is 0 Å². The molecule has 0 saturated heterocycles. The van der Waals surface area contributed by atoms with Gasteiger partial charge < -0.3 is 10.4 Å². The van der Waals surface area contributed by atoms with E-state index in [2.05, 4.69) is 25.2 Å². The standard InChI is InChI=1S/C15H23NO/c1-3-7-16-15(14-8-11(14)2)10-12-5-4-6-13(17)9-12/h4-6,9,11,14-17H,3,7-8,10H2,1-2H3. The van der Waals surface area contributed by atoms with Gasteiger partial charge in [-0.25, -0.2) is 0 Å². The van der Waals surface area contributed by atoms with E-state index in [0.29, 0.717) is 11.8 Å². The van der Waals surface area contributed by atoms with E-state index in [1.807, 2.05) is 12.1 Å². The van der Waals surface area contributed by atoms with Crippen molar-refractivity contribution in [1.82, 2.24) is 5.32 Å². The minimum absolute atomic E-state index is 0.376. The highest BCUT2D eigenvalue weighted by Gasteiger charge is 2.38. The van der Waals surface area contributed by atoms with Crippen LogP contribution in [-0.2, 0) is 6.42 Å². The van der Waals surface area contributed by atoms with Crippen LogP contribution >= 0.6 is 0 Å². The zero-order valence-corrected chi connectivity index (χ0v) is 10.8. The molecule has 0 aliphatic heterocycles. The molecule has 1 saturated carbocycles. The van der Waals surface area contributed by atoms with Crippen molar-refractivity contribution in [3.05, 3.63) is 29.8 Å². The van der Waals surface area contributed by atoms with Crippen molar-refractivity contribution in [2.75, 3.05) is 6.54 Å². The van der Waals surface area contributed by atoms with Gasteiger partial charge in [0.1, 0.15) is 5.75 Å². The van der Waals surface area contributed by atoms with Gasteiger partial charge in [-0.2, -0.15) is 0 Å². The van der Waals surface area contributed by atoms with Crippen molar-refractivity contribution >= 4 is 0 Å². The molecule has 3 unspecified atom stereocenters. The fourth-order valence-corrected chi connectivity index (χ4v) is 2.55. The van der Waals surface area contributed by atoms with Gasteiger partial charge >= 0.3 is 0 Å². The molecule has 1 aromatic carbocycles. The number of aromatic hydroxyl groups is 1. The van der Waals surface area contributed by atoms with Gasteiger partial charge in [-0.3, -0.25) is 0 Å². The second-order valence-corrected chi connectivity index (χ2v) is 5.31. The van der Waals surface area contributed by atoms with Crippen molar-refractivity contribution in [1.29, 1.82) is 0 Å². The first-order valence-electron chi connectivity index (χ1n) is 6.72. The summed E-state index contributed by atoms with van der Waals surface area (Å²) in [5.74, 6) is 2.06. The predicted molar refractivity (Wildman–Crippen MR) is 71.2 cm³/mol. The molecule has 0 heterocycles. The molecule has 94 valence electrons. The summed E-state index contributed by atoms with van der Waals surface area (Å²) in [7, 11) is 0. The summed E-state index contributed by atoms with van der Waals surface area (Å²) in [4.78, 5) is 0. The lowest BCUT2D eigenvalue weighted by molar-refractivity contribution is 0.441. The molecule has 0 aromatic heterocycles. The Kier molecular flexibility index (Phi) is 4.06. The normalized spacial score (nSPS) is 24.6. The largest absolute Gasteiger partial charge is 0.508 e. The third kappa shape index (κ3) is 3.47. The van der Waals surface area contributed by atoms with Crippen LogP contribution in [0.15, 0.2) is 24.3 Å². The highest BCUT2D eigenvalue weighted by atomic mass is 16.3. The van der Waals surface area contributed by atoms with Gasteiger partial charge in [0.15, 0.2) is 0 Å². The Morgan fingerprint density at radius 1 is 1.47 bits per heavy atom. The molecule has 2 nitrogen and oxygen atoms in total. The van der Waals surface area contributed by atoms with Gasteiger partial charge in [0.05, 0.1) is 0 Å². The maximum absolute atomic E-state index is 9.49. The third-order valence-corrected chi connectivity index (χ3v) is 3.71. The first-order valence-corrected chi connectivity index (χ1v) is 6.72. The fourth-order valence-electron chi connectivity index (χ4n) is 2.55. The maximum Gasteiger partial charge on any atom is 0.115 e. The van der Waals surface area contributed by atoms with Crippen LogP contribution < -0.4 is 5.32 Å². The summed E-state index contributed by atoms with van der Waals surface area (Å²) in [6.45, 7) is 5.62. The zero-order valence-electron chi connectivity index (χ0n) is 10.8. The monoisotopic (exact) mass is 233 g/mol. The molecule has 1 aromatic rings. The molecule has 0 radical (unpaired) electrons. The molecule has 2 N–H and O–H groups in total. The summed E-state index contributed by atoms with van der Waals surface area (Å²) in [6.07, 6.45) is 3.56. The fraction of sp³-hybridized carbons (Fsp3) is 0.600. The van der Waals surface area contributed by atoms with Crippen LogP contribution in [0.5, 0.6) is 5.75 Å². The van der Waals surface area contributed by atoms with Crippen LogP contribution in [0.3, 0.4) is 0 Å². The minimum Gasteiger partial charge on any atom is -0.508 e. The Labute approximate surface area is 104 Å². The number of phenolic OH excluding ortho intramolecular Hbond substituents is 1. The quantitative estimate of drug-likeness (QED) is 0.791. The van der Waals surface area contributed by atoms with Gasteiger partial charge in [-0.05, 0) is 55.3 Å². The molecule has 2 heteroatoms. The summed E-state index contributed by atoms with van der Waals surface area (Å²) < 4.78 is 0. The number of benzene rings is 1. The van der Waals surface area contributed by atoms with Crippen molar-refractivity contribution in [2.45, 2.75) is 39.2 Å². The Morgan fingerprint density at radius 2 is 2.24 bits per heavy atom. The number of hydrogen-bond acceptors (Lipinski definition) is 2. The summed E-state index contributed by atoms with van der Waals surface area (Å²) in [5, 5.41) is 13.1. The lowest BCUT2D eigenvalue weighted by Gasteiger charge is -2.18. The lowest BCUT2D eigenvalue weighted by Crippen LogP contribution is -2.34. The Bertz CT molecular complexity index is 364. The molecular formula is C15H23NO. The predicted octanol–water partition coefficient (Wildman–Crippen LogP) is 2.96. The van der Waals surface area contributed by atoms with Crippen molar-refractivity contribution in [3.8, 4) is 5.75 Å². The van der Waals surface area contributed by atoms with Crippen LogP contribution in [0.4, 0.5) is 0 Å². The maximum atomic E-state index is 9.49. The molecule has 17 heavy (non-hydrogen) atoms. The SMILES string of the molecule is CCCNC(Cc1cccc(O)c1)C1CC1C. The van der Waals surface area contributed by atoms with E-state index in [-0.39, 0.29) is 0 Å². The second kappa shape index (κ2) is 5.54. The Balaban J connectivity index is 1.96. The van der Waals surface area contributed by atoms with Crippen LogP contribution in [0, 0.1) is 11.8 Å². The highest BCUT2D eigenvalue weighted by Crippen LogP contribution is 2.41. The Morgan fingerprint density at radius 3 is 2.82 bits per heavy atom. The van der Waals surface area contributed by atoms with Crippen LogP contribution in [-0.4, -0.2) is 17.7 Å². The zero-order chi connectivity index (χ0) is 12.3. The van der Waals surface area contributed by atoms with E-state index in [1.165, 1.54) is 18.4 Å². The molecular weight excluding hydrogens is 210 g/mol. The third-order valence-electron chi connectivity index (χ3n) is 3.71. The second-order valence-electron chi connectivity index (χ2n) is 5.31. The molecule has 0 bridgehead atoms. The minimum atomic E-state index is 0.376. The van der Waals surface area contributed by atoms with Crippen molar-refractivity contribution in [3.63, 3.8) is 0 Å². The van der Waals surface area contributed by atoms with Crippen LogP contribution in [0.1, 0.15) is 32.3 Å².